The van der Waals surface area contributed by atoms with E-state index in [1.165, 1.54) is 0 Å². The van der Waals surface area contributed by atoms with Gasteiger partial charge in [0.1, 0.15) is 6.04 Å². The molecule has 0 radical (unpaired) electrons. The first-order valence-electron chi connectivity index (χ1n) is 11.8. The van der Waals surface area contributed by atoms with Crippen LogP contribution in [0.1, 0.15) is 36.1 Å². The standard InChI is InChI=1S/C29H33BrN2O2S/c1-21(2)31-29(34)27(17-23-7-5-4-6-8-23)32(18-24-11-9-22(3)10-12-24)28(33)20-35-19-25-13-15-26(30)16-14-25/h4-16,21,27H,17-20H2,1-3H3,(H,31,34)/t27-/m1/s1. The van der Waals surface area contributed by atoms with Gasteiger partial charge in [-0.05, 0) is 49.6 Å². The largest absolute Gasteiger partial charge is 0.352 e. The zero-order valence-electron chi connectivity index (χ0n) is 20.5. The van der Waals surface area contributed by atoms with Crippen LogP contribution in [0.2, 0.25) is 0 Å². The van der Waals surface area contributed by atoms with Crippen LogP contribution in [0.15, 0.2) is 83.3 Å². The van der Waals surface area contributed by atoms with Gasteiger partial charge in [-0.25, -0.2) is 0 Å². The van der Waals surface area contributed by atoms with Gasteiger partial charge < -0.3 is 10.2 Å². The lowest BCUT2D eigenvalue weighted by Crippen LogP contribution is -2.52. The maximum Gasteiger partial charge on any atom is 0.243 e. The molecule has 3 aromatic rings. The third kappa shape index (κ3) is 8.86. The molecule has 0 aliphatic heterocycles. The summed E-state index contributed by atoms with van der Waals surface area (Å²) in [6.45, 7) is 6.32. The maximum absolute atomic E-state index is 13.6. The van der Waals surface area contributed by atoms with Crippen molar-refractivity contribution in [3.05, 3.63) is 106 Å². The average molecular weight is 554 g/mol. The molecule has 35 heavy (non-hydrogen) atoms. The summed E-state index contributed by atoms with van der Waals surface area (Å²) in [5.74, 6) is 0.885. The van der Waals surface area contributed by atoms with Gasteiger partial charge in [0, 0.05) is 29.2 Å². The van der Waals surface area contributed by atoms with E-state index in [0.717, 1.165) is 32.5 Å². The molecule has 0 unspecified atom stereocenters. The van der Waals surface area contributed by atoms with Gasteiger partial charge in [0.15, 0.2) is 0 Å². The van der Waals surface area contributed by atoms with E-state index in [0.29, 0.717) is 18.7 Å². The van der Waals surface area contributed by atoms with Gasteiger partial charge in [-0.3, -0.25) is 9.59 Å². The minimum Gasteiger partial charge on any atom is -0.352 e. The summed E-state index contributed by atoms with van der Waals surface area (Å²) in [6.07, 6.45) is 0.467. The van der Waals surface area contributed by atoms with Crippen molar-refractivity contribution in [2.75, 3.05) is 5.75 Å². The summed E-state index contributed by atoms with van der Waals surface area (Å²) in [7, 11) is 0. The molecule has 0 spiro atoms. The number of rotatable bonds is 11. The third-order valence-electron chi connectivity index (χ3n) is 5.58. The molecule has 0 fully saturated rings. The highest BCUT2D eigenvalue weighted by atomic mass is 79.9. The number of hydrogen-bond donors (Lipinski definition) is 1. The predicted molar refractivity (Wildman–Crippen MR) is 149 cm³/mol. The van der Waals surface area contributed by atoms with Crippen LogP contribution < -0.4 is 5.32 Å². The quantitative estimate of drug-likeness (QED) is 0.310. The lowest BCUT2D eigenvalue weighted by Gasteiger charge is -2.32. The molecule has 3 aromatic carbocycles. The van der Waals surface area contributed by atoms with Crippen LogP contribution >= 0.6 is 27.7 Å². The van der Waals surface area contributed by atoms with E-state index in [2.05, 4.69) is 33.4 Å². The summed E-state index contributed by atoms with van der Waals surface area (Å²) >= 11 is 5.03. The second-order valence-corrected chi connectivity index (χ2v) is 10.9. The van der Waals surface area contributed by atoms with Crippen molar-refractivity contribution < 1.29 is 9.59 Å². The molecule has 3 rings (SSSR count). The van der Waals surface area contributed by atoms with Crippen molar-refractivity contribution in [3.8, 4) is 0 Å². The van der Waals surface area contributed by atoms with Gasteiger partial charge >= 0.3 is 0 Å². The van der Waals surface area contributed by atoms with Gasteiger partial charge in [0.2, 0.25) is 11.8 Å². The van der Waals surface area contributed by atoms with E-state index in [4.69, 9.17) is 0 Å². The van der Waals surface area contributed by atoms with E-state index >= 15 is 0 Å². The van der Waals surface area contributed by atoms with Crippen molar-refractivity contribution in [1.82, 2.24) is 10.2 Å². The Kier molecular flexibility index (Phi) is 10.4. The second kappa shape index (κ2) is 13.5. The normalized spacial score (nSPS) is 11.8. The lowest BCUT2D eigenvalue weighted by molar-refractivity contribution is -0.139. The Morgan fingerprint density at radius 2 is 1.51 bits per heavy atom. The topological polar surface area (TPSA) is 49.4 Å². The van der Waals surface area contributed by atoms with Crippen molar-refractivity contribution in [1.29, 1.82) is 0 Å². The molecule has 0 bridgehead atoms. The van der Waals surface area contributed by atoms with Gasteiger partial charge in [-0.2, -0.15) is 0 Å². The summed E-state index contributed by atoms with van der Waals surface area (Å²) < 4.78 is 1.03. The highest BCUT2D eigenvalue weighted by Gasteiger charge is 2.30. The van der Waals surface area contributed by atoms with Crippen molar-refractivity contribution in [2.24, 2.45) is 0 Å². The number of amides is 2. The predicted octanol–water partition coefficient (Wildman–Crippen LogP) is 6.16. The molecular weight excluding hydrogens is 520 g/mol. The van der Waals surface area contributed by atoms with Gasteiger partial charge in [-0.15, -0.1) is 11.8 Å². The number of thioether (sulfide) groups is 1. The van der Waals surface area contributed by atoms with Gasteiger partial charge in [0.25, 0.3) is 0 Å². The van der Waals surface area contributed by atoms with E-state index in [-0.39, 0.29) is 17.9 Å². The lowest BCUT2D eigenvalue weighted by atomic mass is 10.0. The van der Waals surface area contributed by atoms with Crippen LogP contribution in [0.5, 0.6) is 0 Å². The maximum atomic E-state index is 13.6. The van der Waals surface area contributed by atoms with Crippen LogP contribution in [0.4, 0.5) is 0 Å². The molecule has 6 heteroatoms. The third-order valence-corrected chi connectivity index (χ3v) is 7.10. The van der Waals surface area contributed by atoms with Gasteiger partial charge in [0.05, 0.1) is 5.75 Å². The smallest absolute Gasteiger partial charge is 0.243 e. The van der Waals surface area contributed by atoms with Crippen LogP contribution in [-0.4, -0.2) is 34.6 Å². The Hall–Kier alpha value is -2.57. The Bertz CT molecular complexity index is 1090. The summed E-state index contributed by atoms with van der Waals surface area (Å²) in [5, 5.41) is 3.04. The number of aryl methyl sites for hydroxylation is 1. The van der Waals surface area contributed by atoms with Crippen LogP contribution in [0, 0.1) is 6.92 Å². The highest BCUT2D eigenvalue weighted by Crippen LogP contribution is 2.20. The van der Waals surface area contributed by atoms with Gasteiger partial charge in [-0.1, -0.05) is 88.2 Å². The number of nitrogens with zero attached hydrogens (tertiary/aromatic N) is 1. The number of benzene rings is 3. The van der Waals surface area contributed by atoms with Crippen LogP contribution in [0.25, 0.3) is 0 Å². The second-order valence-electron chi connectivity index (χ2n) is 9.00. The minimum atomic E-state index is -0.595. The fraction of sp³-hybridized carbons (Fsp3) is 0.310. The molecular formula is C29H33BrN2O2S. The first kappa shape index (κ1) is 27.0. The van der Waals surface area contributed by atoms with Crippen molar-refractivity contribution in [3.63, 3.8) is 0 Å². The number of carbonyl (C=O) groups is 2. The number of carbonyl (C=O) groups excluding carboxylic acids is 2. The monoisotopic (exact) mass is 552 g/mol. The zero-order chi connectivity index (χ0) is 25.2. The first-order valence-corrected chi connectivity index (χ1v) is 13.8. The number of halogens is 1. The molecule has 184 valence electrons. The zero-order valence-corrected chi connectivity index (χ0v) is 22.9. The molecule has 2 amide bonds. The molecule has 1 N–H and O–H groups in total. The van der Waals surface area contributed by atoms with Crippen molar-refractivity contribution in [2.45, 2.75) is 51.6 Å². The van der Waals surface area contributed by atoms with Crippen molar-refractivity contribution >= 4 is 39.5 Å². The Labute approximate surface area is 221 Å². The number of nitrogens with one attached hydrogen (secondary N) is 1. The SMILES string of the molecule is Cc1ccc(CN(C(=O)CSCc2ccc(Br)cc2)[C@H](Cc2ccccc2)C(=O)NC(C)C)cc1. The van der Waals surface area contributed by atoms with E-state index < -0.39 is 6.04 Å². The summed E-state index contributed by atoms with van der Waals surface area (Å²) in [4.78, 5) is 28.7. The van der Waals surface area contributed by atoms with Crippen LogP contribution in [-0.2, 0) is 28.3 Å². The average Bonchev–Trinajstić information content (AvgIpc) is 2.84. The molecule has 0 aromatic heterocycles. The van der Waals surface area contributed by atoms with Crippen LogP contribution in [0.3, 0.4) is 0 Å². The molecule has 0 saturated heterocycles. The molecule has 1 atom stereocenters. The fourth-order valence-corrected chi connectivity index (χ4v) is 4.88. The molecule has 0 aliphatic carbocycles. The minimum absolute atomic E-state index is 0.0103. The van der Waals surface area contributed by atoms with E-state index in [1.54, 1.807) is 16.7 Å². The fourth-order valence-electron chi connectivity index (χ4n) is 3.74. The van der Waals surface area contributed by atoms with E-state index in [9.17, 15) is 9.59 Å². The molecule has 4 nitrogen and oxygen atoms in total. The first-order chi connectivity index (χ1) is 16.8. The molecule has 0 heterocycles. The Balaban J connectivity index is 1.83. The summed E-state index contributed by atoms with van der Waals surface area (Å²) in [5.41, 5.74) is 4.36. The number of hydrogen-bond acceptors (Lipinski definition) is 3. The highest BCUT2D eigenvalue weighted by molar-refractivity contribution is 9.10. The Morgan fingerprint density at radius 1 is 0.886 bits per heavy atom. The molecule has 0 saturated carbocycles. The Morgan fingerprint density at radius 3 is 2.14 bits per heavy atom. The summed E-state index contributed by atoms with van der Waals surface area (Å²) in [6, 6.07) is 25.6. The van der Waals surface area contributed by atoms with E-state index in [1.807, 2.05) is 87.5 Å². The molecule has 0 aliphatic rings.